The van der Waals surface area contributed by atoms with Crippen molar-refractivity contribution in [1.29, 1.82) is 0 Å². The van der Waals surface area contributed by atoms with Gasteiger partial charge < -0.3 is 9.64 Å². The summed E-state index contributed by atoms with van der Waals surface area (Å²) in [7, 11) is 0. The van der Waals surface area contributed by atoms with E-state index in [-0.39, 0.29) is 0 Å². The van der Waals surface area contributed by atoms with Crippen LogP contribution in [0, 0.1) is 5.92 Å². The molecule has 146 valence electrons. The fourth-order valence-corrected chi connectivity index (χ4v) is 5.76. The van der Waals surface area contributed by atoms with Crippen molar-refractivity contribution in [3.8, 4) is 5.06 Å². The molecule has 3 aliphatic heterocycles. The molecule has 0 radical (unpaired) electrons. The standard InChI is InChI=1S/C21H35N3OS/c1-17(2)15-22-11-7-19(8-12-22)25-21-14-18-6-13-24(16-20(18)26-21)23-9-4-3-5-10-23/h14,17,19H,3-13,15-16H2,1-2H3. The van der Waals surface area contributed by atoms with Crippen LogP contribution in [0.1, 0.15) is 56.4 Å². The van der Waals surface area contributed by atoms with Crippen LogP contribution in [-0.4, -0.2) is 60.3 Å². The van der Waals surface area contributed by atoms with Crippen molar-refractivity contribution in [2.45, 2.75) is 65.0 Å². The summed E-state index contributed by atoms with van der Waals surface area (Å²) in [5.74, 6) is 0.763. The van der Waals surface area contributed by atoms with Crippen molar-refractivity contribution in [2.75, 3.05) is 39.3 Å². The normalized spacial score (nSPS) is 24.1. The lowest BCUT2D eigenvalue weighted by Crippen LogP contribution is -2.47. The van der Waals surface area contributed by atoms with Crippen LogP contribution in [0.25, 0.3) is 0 Å². The average Bonchev–Trinajstić information content (AvgIpc) is 3.05. The molecule has 0 aromatic carbocycles. The molecule has 0 bridgehead atoms. The van der Waals surface area contributed by atoms with Crippen LogP contribution >= 0.6 is 11.3 Å². The monoisotopic (exact) mass is 377 g/mol. The zero-order valence-electron chi connectivity index (χ0n) is 16.6. The number of ether oxygens (including phenoxy) is 1. The maximum Gasteiger partial charge on any atom is 0.174 e. The molecule has 5 heteroatoms. The van der Waals surface area contributed by atoms with E-state index in [0.717, 1.165) is 17.5 Å². The van der Waals surface area contributed by atoms with Gasteiger partial charge in [-0.25, -0.2) is 10.0 Å². The summed E-state index contributed by atoms with van der Waals surface area (Å²) in [6.07, 6.45) is 8.07. The van der Waals surface area contributed by atoms with Gasteiger partial charge in [-0.2, -0.15) is 0 Å². The third kappa shape index (κ3) is 4.61. The van der Waals surface area contributed by atoms with Crippen molar-refractivity contribution in [1.82, 2.24) is 14.9 Å². The fraction of sp³-hybridized carbons (Fsp3) is 0.810. The maximum atomic E-state index is 6.40. The first kappa shape index (κ1) is 18.7. The highest BCUT2D eigenvalue weighted by Gasteiger charge is 2.26. The highest BCUT2D eigenvalue weighted by Crippen LogP contribution is 2.35. The highest BCUT2D eigenvalue weighted by atomic mass is 32.1. The summed E-state index contributed by atoms with van der Waals surface area (Å²) < 4.78 is 6.40. The van der Waals surface area contributed by atoms with Crippen molar-refractivity contribution in [3.63, 3.8) is 0 Å². The molecule has 4 nitrogen and oxygen atoms in total. The summed E-state index contributed by atoms with van der Waals surface area (Å²) in [5, 5.41) is 6.35. The van der Waals surface area contributed by atoms with Gasteiger partial charge in [-0.1, -0.05) is 20.3 Å². The van der Waals surface area contributed by atoms with Gasteiger partial charge in [-0.05, 0) is 49.7 Å². The van der Waals surface area contributed by atoms with Crippen LogP contribution in [-0.2, 0) is 13.0 Å². The van der Waals surface area contributed by atoms with E-state index in [1.165, 1.54) is 88.2 Å². The number of likely N-dealkylation sites (tertiary alicyclic amines) is 1. The Kier molecular flexibility index (Phi) is 6.19. The summed E-state index contributed by atoms with van der Waals surface area (Å²) in [4.78, 5) is 4.13. The first-order valence-corrected chi connectivity index (χ1v) is 11.5. The van der Waals surface area contributed by atoms with Gasteiger partial charge >= 0.3 is 0 Å². The predicted octanol–water partition coefficient (Wildman–Crippen LogP) is 4.01. The third-order valence-corrected chi connectivity index (χ3v) is 7.07. The second-order valence-electron chi connectivity index (χ2n) is 8.68. The Bertz CT molecular complexity index is 574. The van der Waals surface area contributed by atoms with Gasteiger partial charge in [0.15, 0.2) is 5.06 Å². The topological polar surface area (TPSA) is 19.0 Å². The van der Waals surface area contributed by atoms with Crippen molar-refractivity contribution in [3.05, 3.63) is 16.5 Å². The van der Waals surface area contributed by atoms with Gasteiger partial charge in [-0.3, -0.25) is 0 Å². The van der Waals surface area contributed by atoms with Crippen molar-refractivity contribution in [2.24, 2.45) is 5.92 Å². The third-order valence-electron chi connectivity index (χ3n) is 6.01. The van der Waals surface area contributed by atoms with Crippen LogP contribution in [0.2, 0.25) is 0 Å². The summed E-state index contributed by atoms with van der Waals surface area (Å²) >= 11 is 1.90. The van der Waals surface area contributed by atoms with E-state index in [1.807, 2.05) is 11.3 Å². The van der Waals surface area contributed by atoms with Gasteiger partial charge in [0.1, 0.15) is 6.10 Å². The number of piperidine rings is 2. The molecule has 0 unspecified atom stereocenters. The Hall–Kier alpha value is -0.620. The van der Waals surface area contributed by atoms with Crippen molar-refractivity contribution < 1.29 is 4.74 Å². The Morgan fingerprint density at radius 3 is 2.54 bits per heavy atom. The number of hydrazine groups is 1. The molecule has 4 heterocycles. The van der Waals surface area contributed by atoms with Gasteiger partial charge in [0, 0.05) is 50.7 Å². The van der Waals surface area contributed by atoms with E-state index in [1.54, 1.807) is 0 Å². The Morgan fingerprint density at radius 2 is 1.81 bits per heavy atom. The molecule has 1 aromatic rings. The van der Waals surface area contributed by atoms with E-state index in [0.29, 0.717) is 6.10 Å². The number of nitrogens with zero attached hydrogens (tertiary/aromatic N) is 3. The molecule has 0 amide bonds. The quantitative estimate of drug-likeness (QED) is 0.772. The lowest BCUT2D eigenvalue weighted by atomic mass is 10.1. The van der Waals surface area contributed by atoms with E-state index in [2.05, 4.69) is 34.8 Å². The van der Waals surface area contributed by atoms with Crippen molar-refractivity contribution >= 4 is 11.3 Å². The molecule has 0 atom stereocenters. The molecule has 2 saturated heterocycles. The number of hydrogen-bond acceptors (Lipinski definition) is 5. The Morgan fingerprint density at radius 1 is 1.04 bits per heavy atom. The van der Waals surface area contributed by atoms with Gasteiger partial charge in [0.2, 0.25) is 0 Å². The lowest BCUT2D eigenvalue weighted by Gasteiger charge is -2.39. The lowest BCUT2D eigenvalue weighted by molar-refractivity contribution is -0.0496. The molecule has 0 saturated carbocycles. The molecular formula is C21H35N3OS. The van der Waals surface area contributed by atoms with E-state index in [9.17, 15) is 0 Å². The number of thiophene rings is 1. The van der Waals surface area contributed by atoms with Crippen LogP contribution in [0.5, 0.6) is 5.06 Å². The van der Waals surface area contributed by atoms with E-state index < -0.39 is 0 Å². The second kappa shape index (κ2) is 8.59. The zero-order chi connectivity index (χ0) is 17.9. The molecule has 0 aliphatic carbocycles. The average molecular weight is 378 g/mol. The van der Waals surface area contributed by atoms with Crippen LogP contribution in [0.3, 0.4) is 0 Å². The Labute approximate surface area is 163 Å². The molecule has 26 heavy (non-hydrogen) atoms. The SMILES string of the molecule is CC(C)CN1CCC(Oc2cc3c(s2)CN(N2CCCCC2)CC3)CC1. The molecule has 4 rings (SSSR count). The molecule has 1 aromatic heterocycles. The van der Waals surface area contributed by atoms with E-state index in [4.69, 9.17) is 4.74 Å². The molecule has 2 fully saturated rings. The first-order chi connectivity index (χ1) is 12.7. The highest BCUT2D eigenvalue weighted by molar-refractivity contribution is 7.14. The summed E-state index contributed by atoms with van der Waals surface area (Å²) in [5.41, 5.74) is 1.54. The first-order valence-electron chi connectivity index (χ1n) is 10.7. The summed E-state index contributed by atoms with van der Waals surface area (Å²) in [6.45, 7) is 13.0. The molecule has 3 aliphatic rings. The largest absolute Gasteiger partial charge is 0.481 e. The second-order valence-corrected chi connectivity index (χ2v) is 9.78. The van der Waals surface area contributed by atoms with Gasteiger partial charge in [-0.15, -0.1) is 11.3 Å². The smallest absolute Gasteiger partial charge is 0.174 e. The molecular weight excluding hydrogens is 342 g/mol. The molecule has 0 N–H and O–H groups in total. The predicted molar refractivity (Wildman–Crippen MR) is 109 cm³/mol. The summed E-state index contributed by atoms with van der Waals surface area (Å²) in [6, 6.07) is 2.34. The fourth-order valence-electron chi connectivity index (χ4n) is 4.63. The minimum absolute atomic E-state index is 0.414. The van der Waals surface area contributed by atoms with Crippen LogP contribution < -0.4 is 4.74 Å². The van der Waals surface area contributed by atoms with E-state index >= 15 is 0 Å². The number of rotatable bonds is 5. The number of hydrogen-bond donors (Lipinski definition) is 0. The van der Waals surface area contributed by atoms with Crippen LogP contribution in [0.15, 0.2) is 6.07 Å². The minimum Gasteiger partial charge on any atom is -0.481 e. The van der Waals surface area contributed by atoms with Gasteiger partial charge in [0.05, 0.1) is 0 Å². The van der Waals surface area contributed by atoms with Gasteiger partial charge in [0.25, 0.3) is 0 Å². The molecule has 0 spiro atoms. The maximum absolute atomic E-state index is 6.40. The minimum atomic E-state index is 0.414. The Balaban J connectivity index is 1.30. The van der Waals surface area contributed by atoms with Crippen LogP contribution in [0.4, 0.5) is 0 Å². The zero-order valence-corrected chi connectivity index (χ0v) is 17.4. The number of fused-ring (bicyclic) bond motifs is 1.